The van der Waals surface area contributed by atoms with Crippen LogP contribution in [0.5, 0.6) is 0 Å². The molecule has 0 unspecified atom stereocenters. The molecule has 6 heteroatoms. The minimum atomic E-state index is -0.973. The van der Waals surface area contributed by atoms with Gasteiger partial charge in [-0.2, -0.15) is 0 Å². The molecule has 3 rings (SSSR count). The summed E-state index contributed by atoms with van der Waals surface area (Å²) in [7, 11) is 1.53. The van der Waals surface area contributed by atoms with Crippen LogP contribution < -0.4 is 5.32 Å². The highest BCUT2D eigenvalue weighted by atomic mass is 16.4. The average molecular weight is 387 g/mol. The first-order chi connectivity index (χ1) is 13.8. The number of pyridine rings is 1. The summed E-state index contributed by atoms with van der Waals surface area (Å²) in [5, 5.41) is 12.7. The number of carbonyl (C=O) groups is 2. The number of carbonyl (C=O) groups excluding carboxylic acids is 1. The number of amides is 2. The quantitative estimate of drug-likeness (QED) is 0.665. The van der Waals surface area contributed by atoms with Gasteiger partial charge >= 0.3 is 6.09 Å². The third kappa shape index (κ3) is 5.11. The van der Waals surface area contributed by atoms with E-state index in [-0.39, 0.29) is 5.91 Å². The fourth-order valence-electron chi connectivity index (χ4n) is 2.96. The highest BCUT2D eigenvalue weighted by Crippen LogP contribution is 2.21. The van der Waals surface area contributed by atoms with Crippen molar-refractivity contribution in [2.45, 2.75) is 20.4 Å². The molecule has 0 aliphatic rings. The summed E-state index contributed by atoms with van der Waals surface area (Å²) in [5.74, 6) is 6.60. The maximum absolute atomic E-state index is 11.3. The molecular weight excluding hydrogens is 366 g/mol. The van der Waals surface area contributed by atoms with Gasteiger partial charge in [-0.1, -0.05) is 30.0 Å². The van der Waals surface area contributed by atoms with Gasteiger partial charge in [-0.05, 0) is 48.4 Å². The van der Waals surface area contributed by atoms with Gasteiger partial charge in [-0.15, -0.1) is 0 Å². The molecule has 0 spiro atoms. The molecule has 1 aromatic heterocycles. The van der Waals surface area contributed by atoms with E-state index in [4.69, 9.17) is 5.11 Å². The first-order valence-corrected chi connectivity index (χ1v) is 9.06. The molecule has 0 saturated carbocycles. The van der Waals surface area contributed by atoms with Crippen LogP contribution in [0, 0.1) is 18.8 Å². The van der Waals surface area contributed by atoms with E-state index in [1.807, 2.05) is 55.5 Å². The van der Waals surface area contributed by atoms with E-state index < -0.39 is 6.09 Å². The van der Waals surface area contributed by atoms with Crippen molar-refractivity contribution < 1.29 is 14.7 Å². The molecule has 6 nitrogen and oxygen atoms in total. The first kappa shape index (κ1) is 19.9. The second-order valence-corrected chi connectivity index (χ2v) is 6.83. The standard InChI is InChI=1S/C23H21N3O3/c1-15-11-22(24-16(2)27)25-21-13-18(9-10-20(15)21)8-7-17-5-4-6-19(12-17)14-26(3)23(28)29/h4-6,9-13H,14H2,1-3H3,(H,28,29)(H,24,25,27). The lowest BCUT2D eigenvalue weighted by Gasteiger charge is -2.12. The summed E-state index contributed by atoms with van der Waals surface area (Å²) in [6.07, 6.45) is -0.973. The number of anilines is 1. The molecular formula is C23H21N3O3. The van der Waals surface area contributed by atoms with Crippen molar-refractivity contribution >= 4 is 28.7 Å². The maximum atomic E-state index is 11.3. The van der Waals surface area contributed by atoms with Crippen LogP contribution in [0.1, 0.15) is 29.2 Å². The van der Waals surface area contributed by atoms with E-state index in [2.05, 4.69) is 22.1 Å². The number of hydrogen-bond acceptors (Lipinski definition) is 3. The van der Waals surface area contributed by atoms with Gasteiger partial charge in [0.2, 0.25) is 5.91 Å². The molecule has 0 aliphatic carbocycles. The molecule has 2 amide bonds. The van der Waals surface area contributed by atoms with Crippen molar-refractivity contribution in [2.24, 2.45) is 0 Å². The van der Waals surface area contributed by atoms with Gasteiger partial charge in [-0.3, -0.25) is 4.79 Å². The van der Waals surface area contributed by atoms with Gasteiger partial charge < -0.3 is 15.3 Å². The summed E-state index contributed by atoms with van der Waals surface area (Å²) < 4.78 is 0. The van der Waals surface area contributed by atoms with Crippen LogP contribution in [-0.4, -0.2) is 34.0 Å². The first-order valence-electron chi connectivity index (χ1n) is 9.06. The predicted molar refractivity (Wildman–Crippen MR) is 113 cm³/mol. The smallest absolute Gasteiger partial charge is 0.407 e. The third-order valence-corrected chi connectivity index (χ3v) is 4.35. The Morgan fingerprint density at radius 1 is 1.10 bits per heavy atom. The zero-order chi connectivity index (χ0) is 21.0. The average Bonchev–Trinajstić information content (AvgIpc) is 2.66. The Bertz CT molecular complexity index is 1160. The fraction of sp³-hybridized carbons (Fsp3) is 0.174. The normalized spacial score (nSPS) is 10.2. The Morgan fingerprint density at radius 2 is 1.83 bits per heavy atom. The number of carboxylic acid groups (broad SMARTS) is 1. The number of nitrogens with one attached hydrogen (secondary N) is 1. The number of aromatic nitrogens is 1. The Labute approximate surface area is 169 Å². The van der Waals surface area contributed by atoms with E-state index >= 15 is 0 Å². The van der Waals surface area contributed by atoms with Crippen molar-refractivity contribution in [3.63, 3.8) is 0 Å². The van der Waals surface area contributed by atoms with Gasteiger partial charge in [0.05, 0.1) is 5.52 Å². The number of aryl methyl sites for hydroxylation is 1. The summed E-state index contributed by atoms with van der Waals surface area (Å²) in [6, 6.07) is 15.1. The molecule has 2 N–H and O–H groups in total. The van der Waals surface area contributed by atoms with Gasteiger partial charge in [-0.25, -0.2) is 9.78 Å². The van der Waals surface area contributed by atoms with Gasteiger partial charge in [0.1, 0.15) is 5.82 Å². The lowest BCUT2D eigenvalue weighted by atomic mass is 10.1. The second kappa shape index (κ2) is 8.44. The van der Waals surface area contributed by atoms with Crippen LogP contribution in [0.2, 0.25) is 0 Å². The molecule has 0 radical (unpaired) electrons. The molecule has 146 valence electrons. The van der Waals surface area contributed by atoms with Crippen LogP contribution in [0.4, 0.5) is 10.6 Å². The molecule has 0 saturated heterocycles. The lowest BCUT2D eigenvalue weighted by Crippen LogP contribution is -2.23. The number of nitrogens with zero attached hydrogens (tertiary/aromatic N) is 2. The molecule has 0 bridgehead atoms. The number of fused-ring (bicyclic) bond motifs is 1. The van der Waals surface area contributed by atoms with Crippen molar-refractivity contribution in [2.75, 3.05) is 12.4 Å². The second-order valence-electron chi connectivity index (χ2n) is 6.83. The minimum absolute atomic E-state index is 0.166. The van der Waals surface area contributed by atoms with Crippen molar-refractivity contribution in [1.82, 2.24) is 9.88 Å². The van der Waals surface area contributed by atoms with Crippen LogP contribution in [-0.2, 0) is 11.3 Å². The van der Waals surface area contributed by atoms with Gasteiger partial charge in [0.25, 0.3) is 0 Å². The van der Waals surface area contributed by atoms with Crippen LogP contribution >= 0.6 is 0 Å². The monoisotopic (exact) mass is 387 g/mol. The summed E-state index contributed by atoms with van der Waals surface area (Å²) in [6.45, 7) is 3.72. The van der Waals surface area contributed by atoms with Crippen molar-refractivity contribution in [1.29, 1.82) is 0 Å². The summed E-state index contributed by atoms with van der Waals surface area (Å²) in [5.41, 5.74) is 4.26. The van der Waals surface area contributed by atoms with Crippen LogP contribution in [0.25, 0.3) is 10.9 Å². The number of benzene rings is 2. The third-order valence-electron chi connectivity index (χ3n) is 4.35. The Hall–Kier alpha value is -3.85. The topological polar surface area (TPSA) is 82.5 Å². The molecule has 0 fully saturated rings. The molecule has 0 aliphatic heterocycles. The predicted octanol–water partition coefficient (Wildman–Crippen LogP) is 4.01. The van der Waals surface area contributed by atoms with E-state index in [9.17, 15) is 9.59 Å². The molecule has 3 aromatic rings. The zero-order valence-electron chi connectivity index (χ0n) is 16.5. The van der Waals surface area contributed by atoms with Gasteiger partial charge in [0, 0.05) is 37.0 Å². The summed E-state index contributed by atoms with van der Waals surface area (Å²) >= 11 is 0. The van der Waals surface area contributed by atoms with Crippen LogP contribution in [0.3, 0.4) is 0 Å². The largest absolute Gasteiger partial charge is 0.465 e. The van der Waals surface area contributed by atoms with E-state index in [1.165, 1.54) is 18.9 Å². The van der Waals surface area contributed by atoms with Crippen LogP contribution in [0.15, 0.2) is 48.5 Å². The van der Waals surface area contributed by atoms with Crippen molar-refractivity contribution in [3.05, 3.63) is 70.8 Å². The van der Waals surface area contributed by atoms with E-state index in [0.717, 1.165) is 33.2 Å². The lowest BCUT2D eigenvalue weighted by molar-refractivity contribution is -0.114. The highest BCUT2D eigenvalue weighted by Gasteiger charge is 2.06. The number of rotatable bonds is 3. The number of hydrogen-bond donors (Lipinski definition) is 2. The Morgan fingerprint density at radius 3 is 2.52 bits per heavy atom. The minimum Gasteiger partial charge on any atom is -0.465 e. The fourth-order valence-corrected chi connectivity index (χ4v) is 2.96. The SMILES string of the molecule is CC(=O)Nc1cc(C)c2ccc(C#Cc3cccc(CN(C)C(=O)O)c3)cc2n1. The molecule has 0 atom stereocenters. The highest BCUT2D eigenvalue weighted by molar-refractivity contribution is 5.91. The maximum Gasteiger partial charge on any atom is 0.407 e. The zero-order valence-corrected chi connectivity index (χ0v) is 16.5. The Kier molecular flexibility index (Phi) is 5.79. The molecule has 1 heterocycles. The summed E-state index contributed by atoms with van der Waals surface area (Å²) in [4.78, 5) is 28.0. The Balaban J connectivity index is 1.88. The van der Waals surface area contributed by atoms with E-state index in [1.54, 1.807) is 0 Å². The molecule has 29 heavy (non-hydrogen) atoms. The van der Waals surface area contributed by atoms with E-state index in [0.29, 0.717) is 12.4 Å². The van der Waals surface area contributed by atoms with Gasteiger partial charge in [0.15, 0.2) is 0 Å². The van der Waals surface area contributed by atoms with Crippen molar-refractivity contribution in [3.8, 4) is 11.8 Å². The molecule has 2 aromatic carbocycles.